The van der Waals surface area contributed by atoms with Gasteiger partial charge in [-0.15, -0.1) is 0 Å². The molecule has 0 unspecified atom stereocenters. The molecule has 0 bridgehead atoms. The van der Waals surface area contributed by atoms with Gasteiger partial charge in [0.2, 0.25) is 0 Å². The van der Waals surface area contributed by atoms with Gasteiger partial charge in [-0.2, -0.15) is 5.26 Å². The largest absolute Gasteiger partial charge is 0.370 e. The van der Waals surface area contributed by atoms with Crippen molar-refractivity contribution in [3.63, 3.8) is 0 Å². The van der Waals surface area contributed by atoms with E-state index in [1.165, 1.54) is 6.07 Å². The number of rotatable bonds is 3. The van der Waals surface area contributed by atoms with E-state index in [0.717, 1.165) is 25.9 Å². The number of anilines is 1. The van der Waals surface area contributed by atoms with Crippen molar-refractivity contribution in [3.05, 3.63) is 29.6 Å². The summed E-state index contributed by atoms with van der Waals surface area (Å²) in [5.41, 5.74) is 0.746. The van der Waals surface area contributed by atoms with Crippen molar-refractivity contribution < 1.29 is 12.8 Å². The quantitative estimate of drug-likeness (QED) is 0.903. The SMILES string of the molecule is N#Cc1c(F)cccc1N1CCC(N[C@@H]2CCS(=O)(=O)C2)CC1. The Hall–Kier alpha value is -1.65. The average Bonchev–Trinajstić information content (AvgIpc) is 2.86. The molecule has 1 aromatic rings. The molecule has 2 aliphatic rings. The van der Waals surface area contributed by atoms with Gasteiger partial charge in [-0.05, 0) is 31.4 Å². The van der Waals surface area contributed by atoms with Crippen molar-refractivity contribution >= 4 is 15.5 Å². The van der Waals surface area contributed by atoms with Crippen LogP contribution in [-0.4, -0.2) is 45.1 Å². The maximum Gasteiger partial charge on any atom is 0.151 e. The third kappa shape index (κ3) is 3.65. The van der Waals surface area contributed by atoms with E-state index in [0.29, 0.717) is 12.1 Å². The molecule has 2 heterocycles. The third-order valence-electron chi connectivity index (χ3n) is 4.64. The Morgan fingerprint density at radius 2 is 1.96 bits per heavy atom. The van der Waals surface area contributed by atoms with E-state index in [2.05, 4.69) is 5.32 Å². The highest BCUT2D eigenvalue weighted by atomic mass is 32.2. The molecule has 0 radical (unpaired) electrons. The Kier molecular flexibility index (Phi) is 4.55. The first-order valence-electron chi connectivity index (χ1n) is 7.88. The van der Waals surface area contributed by atoms with Crippen molar-refractivity contribution in [2.45, 2.75) is 31.3 Å². The maximum absolute atomic E-state index is 13.7. The van der Waals surface area contributed by atoms with E-state index >= 15 is 0 Å². The zero-order valence-corrected chi connectivity index (χ0v) is 13.7. The van der Waals surface area contributed by atoms with E-state index in [-0.39, 0.29) is 29.2 Å². The van der Waals surface area contributed by atoms with Gasteiger partial charge in [-0.1, -0.05) is 6.07 Å². The molecule has 0 aliphatic carbocycles. The average molecular weight is 337 g/mol. The first-order valence-corrected chi connectivity index (χ1v) is 9.71. The summed E-state index contributed by atoms with van der Waals surface area (Å²) in [6, 6.07) is 6.98. The van der Waals surface area contributed by atoms with Crippen LogP contribution < -0.4 is 10.2 Å². The molecule has 124 valence electrons. The van der Waals surface area contributed by atoms with Crippen LogP contribution in [0, 0.1) is 17.1 Å². The van der Waals surface area contributed by atoms with Crippen LogP contribution in [0.3, 0.4) is 0 Å². The molecule has 1 atom stereocenters. The lowest BCUT2D eigenvalue weighted by atomic mass is 10.0. The number of nitrogens with one attached hydrogen (secondary N) is 1. The van der Waals surface area contributed by atoms with Gasteiger partial charge in [-0.3, -0.25) is 0 Å². The molecule has 1 N–H and O–H groups in total. The summed E-state index contributed by atoms with van der Waals surface area (Å²) in [4.78, 5) is 2.03. The number of halogens is 1. The summed E-state index contributed by atoms with van der Waals surface area (Å²) in [6.07, 6.45) is 2.40. The van der Waals surface area contributed by atoms with Crippen molar-refractivity contribution in [2.75, 3.05) is 29.5 Å². The molecule has 0 aromatic heterocycles. The summed E-state index contributed by atoms with van der Waals surface area (Å²) in [5.74, 6) is 0.0232. The molecular weight excluding hydrogens is 317 g/mol. The molecule has 1 aromatic carbocycles. The Morgan fingerprint density at radius 3 is 2.57 bits per heavy atom. The molecule has 0 spiro atoms. The van der Waals surface area contributed by atoms with E-state index < -0.39 is 15.7 Å². The predicted octanol–water partition coefficient (Wildman–Crippen LogP) is 1.44. The van der Waals surface area contributed by atoms with Crippen molar-refractivity contribution in [2.24, 2.45) is 0 Å². The molecule has 0 amide bonds. The van der Waals surface area contributed by atoms with Crippen molar-refractivity contribution in [1.29, 1.82) is 5.26 Å². The molecule has 0 saturated carbocycles. The van der Waals surface area contributed by atoms with E-state index in [1.54, 1.807) is 12.1 Å². The molecule has 23 heavy (non-hydrogen) atoms. The Bertz CT molecular complexity index is 721. The number of nitrogens with zero attached hydrogens (tertiary/aromatic N) is 2. The second kappa shape index (κ2) is 6.46. The third-order valence-corrected chi connectivity index (χ3v) is 6.41. The zero-order chi connectivity index (χ0) is 16.4. The fourth-order valence-corrected chi connectivity index (χ4v) is 5.12. The lowest BCUT2D eigenvalue weighted by Gasteiger charge is -2.35. The van der Waals surface area contributed by atoms with Gasteiger partial charge in [0.05, 0.1) is 17.2 Å². The monoisotopic (exact) mass is 337 g/mol. The van der Waals surface area contributed by atoms with Gasteiger partial charge < -0.3 is 10.2 Å². The lowest BCUT2D eigenvalue weighted by molar-refractivity contribution is 0.378. The van der Waals surface area contributed by atoms with Crippen LogP contribution in [0.4, 0.5) is 10.1 Å². The zero-order valence-electron chi connectivity index (χ0n) is 12.8. The van der Waals surface area contributed by atoms with Crippen LogP contribution in [0.5, 0.6) is 0 Å². The Labute approximate surface area is 136 Å². The number of hydrogen-bond acceptors (Lipinski definition) is 5. The minimum atomic E-state index is -2.86. The van der Waals surface area contributed by atoms with Crippen molar-refractivity contribution in [3.8, 4) is 6.07 Å². The summed E-state index contributed by atoms with van der Waals surface area (Å²) in [5, 5.41) is 12.6. The molecule has 3 rings (SSSR count). The minimum absolute atomic E-state index is 0.0559. The maximum atomic E-state index is 13.7. The smallest absolute Gasteiger partial charge is 0.151 e. The second-order valence-electron chi connectivity index (χ2n) is 6.27. The van der Waals surface area contributed by atoms with Crippen LogP contribution in [0.15, 0.2) is 18.2 Å². The van der Waals surface area contributed by atoms with Gasteiger partial charge in [0.1, 0.15) is 17.4 Å². The highest BCUT2D eigenvalue weighted by Gasteiger charge is 2.30. The van der Waals surface area contributed by atoms with Gasteiger partial charge in [0.25, 0.3) is 0 Å². The summed E-state index contributed by atoms with van der Waals surface area (Å²) in [6.45, 7) is 1.46. The standard InChI is InChI=1S/C16H20FN3O2S/c17-15-2-1-3-16(14(15)10-18)20-7-4-12(5-8-20)19-13-6-9-23(21,22)11-13/h1-3,12-13,19H,4-9,11H2/t13-/m1/s1. The van der Waals surface area contributed by atoms with E-state index in [1.807, 2.05) is 11.0 Å². The van der Waals surface area contributed by atoms with Crippen LogP contribution >= 0.6 is 0 Å². The van der Waals surface area contributed by atoms with E-state index in [9.17, 15) is 12.8 Å². The Balaban J connectivity index is 1.59. The van der Waals surface area contributed by atoms with Gasteiger partial charge in [-0.25, -0.2) is 12.8 Å². The predicted molar refractivity (Wildman–Crippen MR) is 86.5 cm³/mol. The molecule has 2 saturated heterocycles. The van der Waals surface area contributed by atoms with Gasteiger partial charge >= 0.3 is 0 Å². The number of hydrogen-bond donors (Lipinski definition) is 1. The topological polar surface area (TPSA) is 73.2 Å². The van der Waals surface area contributed by atoms with Crippen LogP contribution in [0.2, 0.25) is 0 Å². The number of sulfone groups is 1. The normalized spacial score (nSPS) is 24.5. The Morgan fingerprint density at radius 1 is 1.22 bits per heavy atom. The fraction of sp³-hybridized carbons (Fsp3) is 0.562. The molecule has 2 aliphatic heterocycles. The minimum Gasteiger partial charge on any atom is -0.370 e. The highest BCUT2D eigenvalue weighted by molar-refractivity contribution is 7.91. The summed E-state index contributed by atoms with van der Waals surface area (Å²) in [7, 11) is -2.86. The summed E-state index contributed by atoms with van der Waals surface area (Å²) < 4.78 is 36.7. The van der Waals surface area contributed by atoms with Gasteiger partial charge in [0.15, 0.2) is 9.84 Å². The van der Waals surface area contributed by atoms with Gasteiger partial charge in [0, 0.05) is 25.2 Å². The highest BCUT2D eigenvalue weighted by Crippen LogP contribution is 2.26. The molecule has 5 nitrogen and oxygen atoms in total. The van der Waals surface area contributed by atoms with Crippen molar-refractivity contribution in [1.82, 2.24) is 5.32 Å². The number of piperidine rings is 1. The first-order chi connectivity index (χ1) is 11.0. The molecule has 7 heteroatoms. The second-order valence-corrected chi connectivity index (χ2v) is 8.50. The van der Waals surface area contributed by atoms with Crippen LogP contribution in [0.25, 0.3) is 0 Å². The number of nitriles is 1. The van der Waals surface area contributed by atoms with Crippen LogP contribution in [0.1, 0.15) is 24.8 Å². The molecular formula is C16H20FN3O2S. The fourth-order valence-electron chi connectivity index (χ4n) is 3.43. The molecule has 2 fully saturated rings. The van der Waals surface area contributed by atoms with E-state index in [4.69, 9.17) is 5.26 Å². The summed E-state index contributed by atoms with van der Waals surface area (Å²) >= 11 is 0. The number of benzene rings is 1. The first kappa shape index (κ1) is 16.2. The van der Waals surface area contributed by atoms with Crippen LogP contribution in [-0.2, 0) is 9.84 Å². The lowest BCUT2D eigenvalue weighted by Crippen LogP contribution is -2.46.